The molecule has 0 aromatic rings. The molecular formula is C6H13NO2. The first-order chi connectivity index (χ1) is 4.34. The molecule has 1 fully saturated rings. The third kappa shape index (κ3) is 1.64. The Labute approximate surface area is 54.8 Å². The predicted molar refractivity (Wildman–Crippen MR) is 34.0 cm³/mol. The van der Waals surface area contributed by atoms with Crippen molar-refractivity contribution in [2.45, 2.75) is 12.5 Å². The summed E-state index contributed by atoms with van der Waals surface area (Å²) in [7, 11) is 0. The highest BCUT2D eigenvalue weighted by Gasteiger charge is 2.21. The lowest BCUT2D eigenvalue weighted by Crippen LogP contribution is -2.36. The van der Waals surface area contributed by atoms with Crippen LogP contribution in [0.1, 0.15) is 6.42 Å². The van der Waals surface area contributed by atoms with Gasteiger partial charge in [0.15, 0.2) is 0 Å². The Hall–Kier alpha value is -0.120. The summed E-state index contributed by atoms with van der Waals surface area (Å²) in [5.74, 6) is 0.166. The Morgan fingerprint density at radius 1 is 1.67 bits per heavy atom. The standard InChI is InChI=1S/C6H13NO2/c7-3-5-4-9-2-1-6(5)8/h5-6,8H,1-4,7H2/t5-,6+/m1/s1. The first-order valence-electron chi connectivity index (χ1n) is 3.30. The minimum absolute atomic E-state index is 0.166. The van der Waals surface area contributed by atoms with Crippen LogP contribution in [-0.4, -0.2) is 31.0 Å². The van der Waals surface area contributed by atoms with E-state index in [1.165, 1.54) is 0 Å². The van der Waals surface area contributed by atoms with Crippen molar-refractivity contribution in [1.29, 1.82) is 0 Å². The molecule has 0 unspecified atom stereocenters. The summed E-state index contributed by atoms with van der Waals surface area (Å²) in [5.41, 5.74) is 5.35. The molecule has 0 saturated carbocycles. The van der Waals surface area contributed by atoms with Crippen LogP contribution in [0.5, 0.6) is 0 Å². The van der Waals surface area contributed by atoms with E-state index in [-0.39, 0.29) is 12.0 Å². The molecule has 2 atom stereocenters. The summed E-state index contributed by atoms with van der Waals surface area (Å²) in [6, 6.07) is 0. The minimum atomic E-state index is -0.233. The lowest BCUT2D eigenvalue weighted by Gasteiger charge is -2.26. The van der Waals surface area contributed by atoms with Crippen molar-refractivity contribution >= 4 is 0 Å². The van der Waals surface area contributed by atoms with Gasteiger partial charge in [-0.25, -0.2) is 0 Å². The zero-order chi connectivity index (χ0) is 6.69. The van der Waals surface area contributed by atoms with Gasteiger partial charge in [-0.2, -0.15) is 0 Å². The maximum atomic E-state index is 9.21. The highest BCUT2D eigenvalue weighted by molar-refractivity contribution is 4.72. The van der Waals surface area contributed by atoms with Gasteiger partial charge in [0.25, 0.3) is 0 Å². The van der Waals surface area contributed by atoms with E-state index in [0.717, 1.165) is 6.42 Å². The molecule has 1 heterocycles. The minimum Gasteiger partial charge on any atom is -0.393 e. The van der Waals surface area contributed by atoms with Crippen LogP contribution in [0.4, 0.5) is 0 Å². The number of ether oxygens (including phenoxy) is 1. The van der Waals surface area contributed by atoms with E-state index in [4.69, 9.17) is 10.5 Å². The zero-order valence-electron chi connectivity index (χ0n) is 5.42. The first kappa shape index (κ1) is 6.99. The van der Waals surface area contributed by atoms with Crippen molar-refractivity contribution in [2.24, 2.45) is 11.7 Å². The average Bonchev–Trinajstić information content (AvgIpc) is 1.89. The molecule has 0 bridgehead atoms. The number of hydrogen-bond donors (Lipinski definition) is 2. The molecule has 0 aromatic carbocycles. The second-order valence-electron chi connectivity index (χ2n) is 2.43. The van der Waals surface area contributed by atoms with Crippen molar-refractivity contribution in [3.63, 3.8) is 0 Å². The van der Waals surface area contributed by atoms with Gasteiger partial charge >= 0.3 is 0 Å². The second kappa shape index (κ2) is 3.15. The molecule has 1 saturated heterocycles. The van der Waals surface area contributed by atoms with Crippen LogP contribution in [-0.2, 0) is 4.74 Å². The van der Waals surface area contributed by atoms with E-state index in [1.54, 1.807) is 0 Å². The van der Waals surface area contributed by atoms with E-state index >= 15 is 0 Å². The molecule has 0 aromatic heterocycles. The Morgan fingerprint density at radius 3 is 2.89 bits per heavy atom. The number of hydrogen-bond acceptors (Lipinski definition) is 3. The smallest absolute Gasteiger partial charge is 0.0624 e. The highest BCUT2D eigenvalue weighted by Crippen LogP contribution is 2.12. The third-order valence-corrected chi connectivity index (χ3v) is 1.74. The first-order valence-corrected chi connectivity index (χ1v) is 3.30. The summed E-state index contributed by atoms with van der Waals surface area (Å²) < 4.78 is 5.10. The van der Waals surface area contributed by atoms with E-state index in [1.807, 2.05) is 0 Å². The van der Waals surface area contributed by atoms with E-state index in [0.29, 0.717) is 19.8 Å². The zero-order valence-corrected chi connectivity index (χ0v) is 5.42. The molecule has 0 aliphatic carbocycles. The summed E-state index contributed by atoms with van der Waals surface area (Å²) in [6.07, 6.45) is 0.505. The Morgan fingerprint density at radius 2 is 2.44 bits per heavy atom. The number of aliphatic hydroxyl groups is 1. The van der Waals surface area contributed by atoms with Gasteiger partial charge in [-0.1, -0.05) is 0 Å². The topological polar surface area (TPSA) is 55.5 Å². The lowest BCUT2D eigenvalue weighted by molar-refractivity contribution is -0.0317. The molecular weight excluding hydrogens is 118 g/mol. The van der Waals surface area contributed by atoms with Crippen LogP contribution < -0.4 is 5.73 Å². The third-order valence-electron chi connectivity index (χ3n) is 1.74. The maximum Gasteiger partial charge on any atom is 0.0624 e. The predicted octanol–water partition coefficient (Wildman–Crippen LogP) is -0.658. The largest absolute Gasteiger partial charge is 0.393 e. The van der Waals surface area contributed by atoms with Crippen molar-refractivity contribution in [2.75, 3.05) is 19.8 Å². The Bertz CT molecular complexity index is 87.1. The summed E-state index contributed by atoms with van der Waals surface area (Å²) >= 11 is 0. The second-order valence-corrected chi connectivity index (χ2v) is 2.43. The SMILES string of the molecule is NC[C@@H]1COCC[C@@H]1O. The van der Waals surface area contributed by atoms with E-state index < -0.39 is 0 Å². The molecule has 0 amide bonds. The normalized spacial score (nSPS) is 36.7. The van der Waals surface area contributed by atoms with E-state index in [9.17, 15) is 5.11 Å². The van der Waals surface area contributed by atoms with Crippen LogP contribution >= 0.6 is 0 Å². The Kier molecular flexibility index (Phi) is 2.45. The molecule has 0 spiro atoms. The van der Waals surface area contributed by atoms with Gasteiger partial charge in [0.05, 0.1) is 12.7 Å². The van der Waals surface area contributed by atoms with Gasteiger partial charge in [-0.15, -0.1) is 0 Å². The fraction of sp³-hybridized carbons (Fsp3) is 1.00. The molecule has 1 rings (SSSR count). The molecule has 54 valence electrons. The summed E-state index contributed by atoms with van der Waals surface area (Å²) in [6.45, 7) is 1.83. The fourth-order valence-electron chi connectivity index (χ4n) is 1.01. The van der Waals surface area contributed by atoms with Crippen LogP contribution in [0, 0.1) is 5.92 Å². The van der Waals surface area contributed by atoms with E-state index in [2.05, 4.69) is 0 Å². The molecule has 0 radical (unpaired) electrons. The number of nitrogens with two attached hydrogens (primary N) is 1. The monoisotopic (exact) mass is 131 g/mol. The summed E-state index contributed by atoms with van der Waals surface area (Å²) in [5, 5.41) is 9.21. The van der Waals surface area contributed by atoms with Gasteiger partial charge in [-0.3, -0.25) is 0 Å². The van der Waals surface area contributed by atoms with Crippen molar-refractivity contribution in [3.8, 4) is 0 Å². The highest BCUT2D eigenvalue weighted by atomic mass is 16.5. The van der Waals surface area contributed by atoms with Crippen LogP contribution in [0.2, 0.25) is 0 Å². The van der Waals surface area contributed by atoms with Crippen LogP contribution in [0.15, 0.2) is 0 Å². The van der Waals surface area contributed by atoms with Gasteiger partial charge in [0, 0.05) is 12.5 Å². The average molecular weight is 131 g/mol. The fourth-order valence-corrected chi connectivity index (χ4v) is 1.01. The lowest BCUT2D eigenvalue weighted by atomic mass is 9.99. The van der Waals surface area contributed by atoms with Gasteiger partial charge in [0.1, 0.15) is 0 Å². The van der Waals surface area contributed by atoms with Gasteiger partial charge in [0.2, 0.25) is 0 Å². The van der Waals surface area contributed by atoms with Crippen molar-refractivity contribution in [1.82, 2.24) is 0 Å². The Balaban J connectivity index is 2.30. The molecule has 3 heteroatoms. The molecule has 3 N–H and O–H groups in total. The van der Waals surface area contributed by atoms with Crippen molar-refractivity contribution in [3.05, 3.63) is 0 Å². The molecule has 1 aliphatic rings. The quantitative estimate of drug-likeness (QED) is 0.497. The number of aliphatic hydroxyl groups excluding tert-OH is 1. The van der Waals surface area contributed by atoms with Crippen LogP contribution in [0.3, 0.4) is 0 Å². The maximum absolute atomic E-state index is 9.21. The van der Waals surface area contributed by atoms with Crippen LogP contribution in [0.25, 0.3) is 0 Å². The van der Waals surface area contributed by atoms with Crippen molar-refractivity contribution < 1.29 is 9.84 Å². The molecule has 3 nitrogen and oxygen atoms in total. The molecule has 9 heavy (non-hydrogen) atoms. The van der Waals surface area contributed by atoms with Gasteiger partial charge < -0.3 is 15.6 Å². The molecule has 1 aliphatic heterocycles. The van der Waals surface area contributed by atoms with Gasteiger partial charge in [-0.05, 0) is 13.0 Å². The number of rotatable bonds is 1. The summed E-state index contributed by atoms with van der Waals surface area (Å²) in [4.78, 5) is 0.